The Hall–Kier alpha value is -3.42. The smallest absolute Gasteiger partial charge is 0.0373 e. The Bertz CT molecular complexity index is 960. The van der Waals surface area contributed by atoms with Crippen LogP contribution in [0.4, 0.5) is 5.69 Å². The second-order valence-corrected chi connectivity index (χ2v) is 5.89. The van der Waals surface area contributed by atoms with Gasteiger partial charge in [0.1, 0.15) is 0 Å². The third kappa shape index (κ3) is 4.77. The van der Waals surface area contributed by atoms with E-state index in [-0.39, 0.29) is 0 Å². The summed E-state index contributed by atoms with van der Waals surface area (Å²) in [5.41, 5.74) is 5.16. The summed E-state index contributed by atoms with van der Waals surface area (Å²) >= 11 is 0. The van der Waals surface area contributed by atoms with E-state index in [1.165, 1.54) is 0 Å². The first-order valence-electron chi connectivity index (χ1n) is 8.17. The van der Waals surface area contributed by atoms with Crippen LogP contribution in [0, 0.1) is 23.7 Å². The first-order chi connectivity index (χ1) is 12.2. The standard InChI is InChI=1S/C24H19N/c1-25(2)24-10-6-9-23(19-24)18-17-22-15-13-21(14-16-22)12-11-20-7-4-3-5-8-20/h3-10,13-16,19H,1-2H3. The van der Waals surface area contributed by atoms with Crippen LogP contribution < -0.4 is 4.90 Å². The van der Waals surface area contributed by atoms with Crippen LogP contribution in [0.1, 0.15) is 22.3 Å². The van der Waals surface area contributed by atoms with Crippen molar-refractivity contribution in [1.82, 2.24) is 0 Å². The molecule has 0 amide bonds. The summed E-state index contributed by atoms with van der Waals surface area (Å²) in [6, 6.07) is 26.3. The third-order valence-electron chi connectivity index (χ3n) is 3.72. The second-order valence-electron chi connectivity index (χ2n) is 5.89. The molecule has 0 atom stereocenters. The Labute approximate surface area is 149 Å². The second kappa shape index (κ2) is 7.91. The molecule has 0 saturated heterocycles. The van der Waals surface area contributed by atoms with Crippen molar-refractivity contribution in [1.29, 1.82) is 0 Å². The molecule has 0 saturated carbocycles. The van der Waals surface area contributed by atoms with Crippen molar-refractivity contribution in [2.45, 2.75) is 0 Å². The summed E-state index contributed by atoms with van der Waals surface area (Å²) in [6.45, 7) is 0. The summed E-state index contributed by atoms with van der Waals surface area (Å²) < 4.78 is 0. The highest BCUT2D eigenvalue weighted by Crippen LogP contribution is 2.12. The van der Waals surface area contributed by atoms with Gasteiger partial charge in [-0.1, -0.05) is 47.9 Å². The van der Waals surface area contributed by atoms with E-state index >= 15 is 0 Å². The van der Waals surface area contributed by atoms with E-state index in [4.69, 9.17) is 0 Å². The monoisotopic (exact) mass is 321 g/mol. The van der Waals surface area contributed by atoms with Crippen LogP contribution in [0.5, 0.6) is 0 Å². The van der Waals surface area contributed by atoms with E-state index in [1.54, 1.807) is 0 Å². The minimum atomic E-state index is 0.987. The van der Waals surface area contributed by atoms with Crippen molar-refractivity contribution < 1.29 is 0 Å². The molecule has 1 nitrogen and oxygen atoms in total. The zero-order valence-corrected chi connectivity index (χ0v) is 14.5. The SMILES string of the molecule is CN(C)c1cccc(C#Cc2ccc(C#Cc3ccccc3)cc2)c1. The Balaban J connectivity index is 1.74. The fraction of sp³-hybridized carbons (Fsp3) is 0.0833. The fourth-order valence-electron chi connectivity index (χ4n) is 2.31. The molecule has 1 heteroatoms. The van der Waals surface area contributed by atoms with Crippen LogP contribution >= 0.6 is 0 Å². The van der Waals surface area contributed by atoms with Gasteiger partial charge in [-0.25, -0.2) is 0 Å². The zero-order chi connectivity index (χ0) is 17.5. The van der Waals surface area contributed by atoms with Crippen LogP contribution in [0.25, 0.3) is 0 Å². The summed E-state index contributed by atoms with van der Waals surface area (Å²) in [7, 11) is 4.06. The minimum Gasteiger partial charge on any atom is -0.378 e. The molecule has 0 radical (unpaired) electrons. The van der Waals surface area contributed by atoms with Crippen LogP contribution in [0.15, 0.2) is 78.9 Å². The molecule has 120 valence electrons. The lowest BCUT2D eigenvalue weighted by molar-refractivity contribution is 1.13. The molecule has 3 aromatic rings. The Morgan fingerprint density at radius 2 is 1.00 bits per heavy atom. The van der Waals surface area contributed by atoms with Crippen LogP contribution in [-0.4, -0.2) is 14.1 Å². The molecule has 0 aliphatic carbocycles. The molecule has 0 heterocycles. The topological polar surface area (TPSA) is 3.24 Å². The average Bonchev–Trinajstić information content (AvgIpc) is 2.66. The molecule has 3 aromatic carbocycles. The van der Waals surface area contributed by atoms with Crippen LogP contribution in [-0.2, 0) is 0 Å². The molecular formula is C24H19N. The molecular weight excluding hydrogens is 302 g/mol. The van der Waals surface area contributed by atoms with Crippen LogP contribution in [0.2, 0.25) is 0 Å². The number of nitrogens with zero attached hydrogens (tertiary/aromatic N) is 1. The minimum absolute atomic E-state index is 0.987. The van der Waals surface area contributed by atoms with Gasteiger partial charge in [0.2, 0.25) is 0 Å². The van der Waals surface area contributed by atoms with Crippen molar-refractivity contribution >= 4 is 5.69 Å². The van der Waals surface area contributed by atoms with Gasteiger partial charge in [0.15, 0.2) is 0 Å². The average molecular weight is 321 g/mol. The maximum atomic E-state index is 3.22. The molecule has 0 N–H and O–H groups in total. The van der Waals surface area contributed by atoms with E-state index in [1.807, 2.05) is 80.8 Å². The third-order valence-corrected chi connectivity index (χ3v) is 3.72. The molecule has 0 aliphatic rings. The fourth-order valence-corrected chi connectivity index (χ4v) is 2.31. The largest absolute Gasteiger partial charge is 0.378 e. The molecule has 25 heavy (non-hydrogen) atoms. The van der Waals surface area contributed by atoms with E-state index < -0.39 is 0 Å². The maximum absolute atomic E-state index is 3.22. The highest BCUT2D eigenvalue weighted by Gasteiger charge is 1.95. The number of rotatable bonds is 1. The number of hydrogen-bond donors (Lipinski definition) is 0. The van der Waals surface area contributed by atoms with Crippen molar-refractivity contribution in [3.63, 3.8) is 0 Å². The Morgan fingerprint density at radius 3 is 1.56 bits per heavy atom. The maximum Gasteiger partial charge on any atom is 0.0373 e. The summed E-state index contributed by atoms with van der Waals surface area (Å²) in [4.78, 5) is 2.07. The van der Waals surface area contributed by atoms with E-state index in [0.29, 0.717) is 0 Å². The van der Waals surface area contributed by atoms with Gasteiger partial charge in [0.25, 0.3) is 0 Å². The lowest BCUT2D eigenvalue weighted by atomic mass is 10.1. The van der Waals surface area contributed by atoms with Crippen molar-refractivity contribution in [3.05, 3.63) is 101 Å². The molecule has 3 rings (SSSR count). The molecule has 0 fully saturated rings. The first kappa shape index (κ1) is 16.4. The molecule has 0 unspecified atom stereocenters. The molecule has 0 bridgehead atoms. The van der Waals surface area contributed by atoms with Gasteiger partial charge in [-0.05, 0) is 54.6 Å². The van der Waals surface area contributed by atoms with E-state index in [0.717, 1.165) is 27.9 Å². The first-order valence-corrected chi connectivity index (χ1v) is 8.17. The van der Waals surface area contributed by atoms with E-state index in [2.05, 4.69) is 40.7 Å². The lowest BCUT2D eigenvalue weighted by Gasteiger charge is -2.11. The van der Waals surface area contributed by atoms with Gasteiger partial charge in [-0.15, -0.1) is 0 Å². The van der Waals surface area contributed by atoms with E-state index in [9.17, 15) is 0 Å². The molecule has 0 aromatic heterocycles. The highest BCUT2D eigenvalue weighted by atomic mass is 15.1. The van der Waals surface area contributed by atoms with Crippen molar-refractivity contribution in [3.8, 4) is 23.7 Å². The van der Waals surface area contributed by atoms with Gasteiger partial charge in [0.05, 0.1) is 0 Å². The van der Waals surface area contributed by atoms with Crippen molar-refractivity contribution in [2.24, 2.45) is 0 Å². The van der Waals surface area contributed by atoms with Crippen LogP contribution in [0.3, 0.4) is 0 Å². The predicted octanol–water partition coefficient (Wildman–Crippen LogP) is 4.55. The molecule has 0 spiro atoms. The summed E-state index contributed by atoms with van der Waals surface area (Å²) in [5.74, 6) is 12.8. The normalized spacial score (nSPS) is 9.36. The van der Waals surface area contributed by atoms with Gasteiger partial charge in [0, 0.05) is 42.0 Å². The summed E-state index contributed by atoms with van der Waals surface area (Å²) in [5, 5.41) is 0. The Morgan fingerprint density at radius 1 is 0.520 bits per heavy atom. The van der Waals surface area contributed by atoms with Gasteiger partial charge < -0.3 is 4.90 Å². The van der Waals surface area contributed by atoms with Gasteiger partial charge >= 0.3 is 0 Å². The van der Waals surface area contributed by atoms with Gasteiger partial charge in [-0.2, -0.15) is 0 Å². The number of benzene rings is 3. The number of anilines is 1. The highest BCUT2D eigenvalue weighted by molar-refractivity contribution is 5.53. The lowest BCUT2D eigenvalue weighted by Crippen LogP contribution is -2.08. The molecule has 0 aliphatic heterocycles. The zero-order valence-electron chi connectivity index (χ0n) is 14.5. The summed E-state index contributed by atoms with van der Waals surface area (Å²) in [6.07, 6.45) is 0. The predicted molar refractivity (Wildman–Crippen MR) is 106 cm³/mol. The van der Waals surface area contributed by atoms with Crippen molar-refractivity contribution in [2.75, 3.05) is 19.0 Å². The number of hydrogen-bond acceptors (Lipinski definition) is 1. The Kier molecular flexibility index (Phi) is 5.20. The quantitative estimate of drug-likeness (QED) is 0.594. The van der Waals surface area contributed by atoms with Gasteiger partial charge in [-0.3, -0.25) is 0 Å².